The quantitative estimate of drug-likeness (QED) is 0.227. The third-order valence-electron chi connectivity index (χ3n) is 3.54. The van der Waals surface area contributed by atoms with Crippen LogP contribution >= 0.6 is 0 Å². The SMILES string of the molecule is CN(C)c1ccc(C[S+](C)(C)=O)cc1.Fc1c(F)c(F)c([B-](F)(F)F)c(F)c1F. The van der Waals surface area contributed by atoms with Crippen LogP contribution in [0.15, 0.2) is 24.3 Å². The van der Waals surface area contributed by atoms with E-state index in [2.05, 4.69) is 17.0 Å². The van der Waals surface area contributed by atoms with E-state index in [1.807, 2.05) is 26.2 Å². The average molecular weight is 447 g/mol. The van der Waals surface area contributed by atoms with Crippen molar-refractivity contribution in [2.75, 3.05) is 31.5 Å². The van der Waals surface area contributed by atoms with Crippen LogP contribution in [0.25, 0.3) is 0 Å². The molecule has 0 saturated carbocycles. The Hall–Kier alpha value is -2.11. The van der Waals surface area contributed by atoms with Crippen molar-refractivity contribution in [2.24, 2.45) is 0 Å². The van der Waals surface area contributed by atoms with Crippen molar-refractivity contribution in [1.82, 2.24) is 0 Å². The molecule has 0 aliphatic carbocycles. The number of nitrogens with zero attached hydrogens (tertiary/aromatic N) is 1. The van der Waals surface area contributed by atoms with E-state index < -0.39 is 51.5 Å². The molecule has 0 fully saturated rings. The number of hydrogen-bond donors (Lipinski definition) is 0. The molecule has 0 atom stereocenters. The van der Waals surface area contributed by atoms with Gasteiger partial charge in [0.05, 0.1) is 9.93 Å². The summed E-state index contributed by atoms with van der Waals surface area (Å²) in [6.07, 6.45) is 3.60. The molecule has 0 radical (unpaired) electrons. The molecule has 0 bridgehead atoms. The zero-order chi connectivity index (χ0) is 22.7. The van der Waals surface area contributed by atoms with E-state index in [4.69, 9.17) is 0 Å². The van der Waals surface area contributed by atoms with Crippen molar-refractivity contribution in [3.63, 3.8) is 0 Å². The summed E-state index contributed by atoms with van der Waals surface area (Å²) in [5.41, 5.74) is -0.413. The van der Waals surface area contributed by atoms with E-state index in [-0.39, 0.29) is 0 Å². The smallest absolute Gasteiger partial charge is 0.445 e. The third-order valence-corrected chi connectivity index (χ3v) is 4.57. The summed E-state index contributed by atoms with van der Waals surface area (Å²) < 4.78 is 109. The first kappa shape index (κ1) is 24.9. The topological polar surface area (TPSA) is 20.3 Å². The molecule has 29 heavy (non-hydrogen) atoms. The second kappa shape index (κ2) is 9.14. The van der Waals surface area contributed by atoms with Crippen LogP contribution in [0.3, 0.4) is 0 Å². The van der Waals surface area contributed by atoms with Gasteiger partial charge in [0, 0.05) is 25.3 Å². The lowest BCUT2D eigenvalue weighted by Crippen LogP contribution is -2.41. The van der Waals surface area contributed by atoms with Crippen molar-refractivity contribution >= 4 is 28.1 Å². The van der Waals surface area contributed by atoms with Crippen molar-refractivity contribution in [1.29, 1.82) is 0 Å². The van der Waals surface area contributed by atoms with Gasteiger partial charge in [-0.25, -0.2) is 22.0 Å². The molecule has 162 valence electrons. The van der Waals surface area contributed by atoms with Crippen LogP contribution in [0, 0.1) is 29.1 Å². The lowest BCUT2D eigenvalue weighted by molar-refractivity contribution is 0.377. The summed E-state index contributed by atoms with van der Waals surface area (Å²) in [4.78, 5) is 2.05. The molecule has 12 heteroatoms. The van der Waals surface area contributed by atoms with E-state index in [9.17, 15) is 39.1 Å². The molecule has 0 unspecified atom stereocenters. The van der Waals surface area contributed by atoms with Crippen molar-refractivity contribution in [3.05, 3.63) is 58.9 Å². The van der Waals surface area contributed by atoms with Gasteiger partial charge in [0.2, 0.25) is 0 Å². The Bertz CT molecular complexity index is 880. The van der Waals surface area contributed by atoms with Crippen LogP contribution in [-0.2, 0) is 19.9 Å². The van der Waals surface area contributed by atoms with E-state index >= 15 is 0 Å². The van der Waals surface area contributed by atoms with Crippen LogP contribution in [0.4, 0.5) is 40.6 Å². The second-order valence-electron chi connectivity index (χ2n) is 6.70. The molecule has 0 amide bonds. The highest BCUT2D eigenvalue weighted by Gasteiger charge is 2.37. The Morgan fingerprint density at radius 1 is 0.793 bits per heavy atom. The van der Waals surface area contributed by atoms with Crippen LogP contribution in [0.5, 0.6) is 0 Å². The number of rotatable bonds is 4. The third kappa shape index (κ3) is 6.72. The summed E-state index contributed by atoms with van der Waals surface area (Å²) in [6, 6.07) is 8.20. The van der Waals surface area contributed by atoms with Crippen LogP contribution in [0.2, 0.25) is 0 Å². The highest BCUT2D eigenvalue weighted by atomic mass is 32.2. The van der Waals surface area contributed by atoms with Gasteiger partial charge in [0.15, 0.2) is 17.5 Å². The molecule has 0 heterocycles. The molecular weight excluding hydrogens is 429 g/mol. The minimum atomic E-state index is -6.30. The summed E-state index contributed by atoms with van der Waals surface area (Å²) in [6.45, 7) is -6.30. The Kier molecular flexibility index (Phi) is 7.86. The van der Waals surface area contributed by atoms with Gasteiger partial charge in [-0.2, -0.15) is 0 Å². The lowest BCUT2D eigenvalue weighted by Gasteiger charge is -2.17. The molecule has 0 aromatic heterocycles. The maximum Gasteiger partial charge on any atom is 0.515 e. The van der Waals surface area contributed by atoms with Gasteiger partial charge in [-0.3, -0.25) is 0 Å². The van der Waals surface area contributed by atoms with E-state index in [1.165, 1.54) is 5.69 Å². The highest BCUT2D eigenvalue weighted by molar-refractivity contribution is 8.00. The summed E-state index contributed by atoms with van der Waals surface area (Å²) in [5, 5.41) is 0. The first-order valence-corrected chi connectivity index (χ1v) is 10.5. The van der Waals surface area contributed by atoms with E-state index in [1.54, 1.807) is 12.5 Å². The Morgan fingerprint density at radius 3 is 1.48 bits per heavy atom. The van der Waals surface area contributed by atoms with Crippen LogP contribution in [-0.4, -0.2) is 33.6 Å². The zero-order valence-electron chi connectivity index (χ0n) is 15.9. The van der Waals surface area contributed by atoms with E-state index in [0.717, 1.165) is 5.56 Å². The fourth-order valence-corrected chi connectivity index (χ4v) is 3.20. The second-order valence-corrected chi connectivity index (χ2v) is 9.86. The molecule has 2 aromatic rings. The largest absolute Gasteiger partial charge is 0.515 e. The molecule has 0 N–H and O–H groups in total. The van der Waals surface area contributed by atoms with Gasteiger partial charge in [0.25, 0.3) is 0 Å². The zero-order valence-corrected chi connectivity index (χ0v) is 16.7. The summed E-state index contributed by atoms with van der Waals surface area (Å²) in [5.74, 6) is -12.9. The van der Waals surface area contributed by atoms with Crippen molar-refractivity contribution in [3.8, 4) is 0 Å². The first-order chi connectivity index (χ1) is 13.1. The molecule has 0 spiro atoms. The van der Waals surface area contributed by atoms with Gasteiger partial charge >= 0.3 is 6.98 Å². The highest BCUT2D eigenvalue weighted by Crippen LogP contribution is 2.21. The molecule has 2 aromatic carbocycles. The van der Waals surface area contributed by atoms with Crippen molar-refractivity contribution < 1.29 is 39.1 Å². The summed E-state index contributed by atoms with van der Waals surface area (Å²) in [7, 11) is 2.35. The Labute approximate surface area is 164 Å². The maximum atomic E-state index is 12.5. The lowest BCUT2D eigenvalue weighted by atomic mass is 9.79. The van der Waals surface area contributed by atoms with E-state index in [0.29, 0.717) is 5.75 Å². The van der Waals surface area contributed by atoms with Crippen LogP contribution in [0.1, 0.15) is 5.56 Å². The minimum Gasteiger partial charge on any atom is -0.445 e. The molecule has 2 nitrogen and oxygen atoms in total. The molecule has 0 saturated heterocycles. The number of anilines is 1. The normalized spacial score (nSPS) is 11.7. The standard InChI is InChI=1S/C11H18NOS.C6BF8/c1-12(2)11-7-5-10(6-8-11)9-14(3,4)13;8-2-1(7(13,14)15)3(9)5(11)6(12)4(2)10/h5-8H,9H2,1-4H3;/q+1;-1. The van der Waals surface area contributed by atoms with Gasteiger partial charge in [-0.05, 0) is 17.6 Å². The number of halogens is 8. The summed E-state index contributed by atoms with van der Waals surface area (Å²) >= 11 is 0. The van der Waals surface area contributed by atoms with Crippen molar-refractivity contribution in [2.45, 2.75) is 5.75 Å². The fourth-order valence-electron chi connectivity index (χ4n) is 2.20. The monoisotopic (exact) mass is 447 g/mol. The van der Waals surface area contributed by atoms with Gasteiger partial charge in [0.1, 0.15) is 29.9 Å². The Balaban J connectivity index is 0.000000291. The fraction of sp³-hybridized carbons (Fsp3) is 0.294. The first-order valence-electron chi connectivity index (χ1n) is 7.95. The minimum absolute atomic E-state index is 0.667. The predicted octanol–water partition coefficient (Wildman–Crippen LogP) is 4.45. The van der Waals surface area contributed by atoms with Gasteiger partial charge in [-0.15, -0.1) is 4.21 Å². The van der Waals surface area contributed by atoms with Gasteiger partial charge < -0.3 is 17.8 Å². The number of hydrogen-bond acceptors (Lipinski definition) is 2. The van der Waals surface area contributed by atoms with Crippen LogP contribution < -0.4 is 10.4 Å². The average Bonchev–Trinajstić information content (AvgIpc) is 2.57. The predicted molar refractivity (Wildman–Crippen MR) is 99.3 cm³/mol. The molecular formula is C17H18BF8NOS. The molecule has 2 rings (SSSR count). The maximum absolute atomic E-state index is 12.5. The molecule has 0 aliphatic rings. The Morgan fingerprint density at radius 2 is 1.17 bits per heavy atom. The van der Waals surface area contributed by atoms with Gasteiger partial charge in [-0.1, -0.05) is 12.1 Å². The number of benzene rings is 2. The molecule has 0 aliphatic heterocycles.